The van der Waals surface area contributed by atoms with Gasteiger partial charge >= 0.3 is 0 Å². The first-order chi connectivity index (χ1) is 28.4. The van der Waals surface area contributed by atoms with Gasteiger partial charge < -0.3 is 10.2 Å². The zero-order valence-corrected chi connectivity index (χ0v) is 40.2. The Bertz CT molecular complexity index is 1850. The minimum Gasteiger partial charge on any atom is -0.345 e. The number of hydrogen-bond acceptors (Lipinski definition) is 8. The highest BCUT2D eigenvalue weighted by molar-refractivity contribution is 7.91. The fourth-order valence-corrected chi connectivity index (χ4v) is 14.8. The van der Waals surface area contributed by atoms with Crippen LogP contribution in [0.15, 0.2) is 0 Å². The minimum atomic E-state index is -3.91. The molecule has 7 rings (SSSR count). The number of ketones is 2. The number of fused-ring (bicyclic) bond motifs is 1. The lowest BCUT2D eigenvalue weighted by Crippen LogP contribution is -2.57. The van der Waals surface area contributed by atoms with E-state index in [1.807, 2.05) is 25.7 Å². The fraction of sp³-hybridized carbons (Fsp3) is 0.898. The van der Waals surface area contributed by atoms with Gasteiger partial charge in [-0.3, -0.25) is 33.6 Å². The molecule has 2 heterocycles. The van der Waals surface area contributed by atoms with E-state index in [9.17, 15) is 22.8 Å². The van der Waals surface area contributed by atoms with Crippen LogP contribution in [0.5, 0.6) is 0 Å². The molecule has 7 atom stereocenters. The van der Waals surface area contributed by atoms with Gasteiger partial charge in [-0.05, 0) is 132 Å². The summed E-state index contributed by atoms with van der Waals surface area (Å²) in [6.07, 6.45) is 13.4. The molecule has 7 fully saturated rings. The zero-order valence-electron chi connectivity index (χ0n) is 39.4. The van der Waals surface area contributed by atoms with Crippen LogP contribution in [0, 0.1) is 50.7 Å². The highest BCUT2D eigenvalue weighted by atomic mass is 32.2. The second kappa shape index (κ2) is 16.3. The molecule has 5 saturated carbocycles. The third kappa shape index (κ3) is 8.08. The number of carbonyl (C=O) groups excluding carboxylic acids is 5. The van der Waals surface area contributed by atoms with Crippen molar-refractivity contribution in [2.24, 2.45) is 50.7 Å². The summed E-state index contributed by atoms with van der Waals surface area (Å²) in [5.41, 5.74) is -2.05. The molecule has 5 aliphatic carbocycles. The van der Waals surface area contributed by atoms with Crippen LogP contribution in [-0.4, -0.2) is 89.5 Å². The van der Waals surface area contributed by atoms with Crippen molar-refractivity contribution in [2.45, 2.75) is 214 Å². The molecule has 2 N–H and O–H groups in total. The second-order valence-electron chi connectivity index (χ2n) is 23.9. The smallest absolute Gasteiger partial charge is 0.240 e. The highest BCUT2D eigenvalue weighted by Gasteiger charge is 2.85. The van der Waals surface area contributed by atoms with Crippen molar-refractivity contribution in [2.75, 3.05) is 13.1 Å². The van der Waals surface area contributed by atoms with E-state index in [1.54, 1.807) is 6.92 Å². The number of likely N-dealkylation sites (tertiary alicyclic amines) is 2. The number of nitrogens with one attached hydrogen (secondary N) is 2. The van der Waals surface area contributed by atoms with Gasteiger partial charge in [-0.15, -0.1) is 0 Å². The van der Waals surface area contributed by atoms with Crippen LogP contribution >= 0.6 is 0 Å². The van der Waals surface area contributed by atoms with Crippen LogP contribution < -0.4 is 10.0 Å². The Kier molecular flexibility index (Phi) is 12.4. The lowest BCUT2D eigenvalue weighted by Gasteiger charge is -2.40. The molecule has 2 spiro atoms. The predicted octanol–water partition coefficient (Wildman–Crippen LogP) is 7.74. The van der Waals surface area contributed by atoms with E-state index < -0.39 is 49.5 Å². The van der Waals surface area contributed by atoms with Gasteiger partial charge in [0.2, 0.25) is 27.7 Å². The highest BCUT2D eigenvalue weighted by Crippen LogP contribution is 2.88. The summed E-state index contributed by atoms with van der Waals surface area (Å²) in [5.74, 6) is -1.72. The first-order valence-electron chi connectivity index (χ1n) is 24.4. The van der Waals surface area contributed by atoms with Crippen LogP contribution in [0.2, 0.25) is 0 Å². The summed E-state index contributed by atoms with van der Waals surface area (Å²) >= 11 is 0. The molecule has 344 valence electrons. The van der Waals surface area contributed by atoms with Crippen LogP contribution in [0.4, 0.5) is 0 Å². The summed E-state index contributed by atoms with van der Waals surface area (Å²) in [7, 11) is -3.91. The Hall–Kier alpha value is -2.34. The van der Waals surface area contributed by atoms with E-state index in [0.29, 0.717) is 38.6 Å². The molecule has 2 saturated heterocycles. The van der Waals surface area contributed by atoms with Gasteiger partial charge in [0.1, 0.15) is 0 Å². The molecule has 7 aliphatic rings. The molecular weight excluding hydrogens is 789 g/mol. The molecule has 11 nitrogen and oxygen atoms in total. The van der Waals surface area contributed by atoms with Crippen molar-refractivity contribution >= 4 is 39.3 Å². The maximum Gasteiger partial charge on any atom is 0.240 e. The Morgan fingerprint density at radius 3 is 1.97 bits per heavy atom. The molecule has 2 aliphatic heterocycles. The van der Waals surface area contributed by atoms with Crippen LogP contribution in [0.3, 0.4) is 0 Å². The molecule has 0 aromatic rings. The minimum absolute atomic E-state index is 0.0121. The van der Waals surface area contributed by atoms with Gasteiger partial charge in [0.15, 0.2) is 11.6 Å². The Labute approximate surface area is 367 Å². The molecule has 0 unspecified atom stereocenters. The SMILES string of the molecule is CC(C)C[C@@H]1C[C@]1(CC(=O)[C@@H]1C[C@@]2(CN1C(=O)[C@@H](CC(=O)[C@@H](NC(=O)[C@@H]1CCCCN1C(C)C)C1CCCCC1)C(C)(C)C)C(C)(C)C21CCC1)C(=O)NS(=O)(=O)C1(C)CC1. The van der Waals surface area contributed by atoms with Gasteiger partial charge in [-0.25, -0.2) is 8.42 Å². The van der Waals surface area contributed by atoms with Crippen molar-refractivity contribution in [3.05, 3.63) is 0 Å². The average molecular weight is 869 g/mol. The van der Waals surface area contributed by atoms with Crippen molar-refractivity contribution in [1.82, 2.24) is 19.8 Å². The largest absolute Gasteiger partial charge is 0.345 e. The summed E-state index contributed by atoms with van der Waals surface area (Å²) in [5, 5.41) is 3.29. The normalized spacial score (nSPS) is 32.7. The molecule has 0 aromatic heterocycles. The van der Waals surface area contributed by atoms with Crippen LogP contribution in [0.25, 0.3) is 0 Å². The number of piperidine rings is 1. The third-order valence-electron chi connectivity index (χ3n) is 18.3. The maximum absolute atomic E-state index is 15.5. The van der Waals surface area contributed by atoms with E-state index in [1.165, 1.54) is 0 Å². The maximum atomic E-state index is 15.5. The molecular formula is C49H80N4O7S. The van der Waals surface area contributed by atoms with Gasteiger partial charge in [-0.1, -0.05) is 80.6 Å². The van der Waals surface area contributed by atoms with Gasteiger partial charge in [0, 0.05) is 36.8 Å². The average Bonchev–Trinajstić information content (AvgIpc) is 4.09. The first-order valence-corrected chi connectivity index (χ1v) is 25.8. The molecule has 61 heavy (non-hydrogen) atoms. The summed E-state index contributed by atoms with van der Waals surface area (Å²) in [6, 6.07) is -1.52. The number of amides is 3. The number of hydrogen-bond donors (Lipinski definition) is 2. The molecule has 3 amide bonds. The number of sulfonamides is 1. The Morgan fingerprint density at radius 1 is 0.787 bits per heavy atom. The van der Waals surface area contributed by atoms with Crippen molar-refractivity contribution in [3.8, 4) is 0 Å². The quantitative estimate of drug-likeness (QED) is 0.160. The van der Waals surface area contributed by atoms with E-state index in [0.717, 1.165) is 77.2 Å². The number of nitrogens with zero attached hydrogens (tertiary/aromatic N) is 2. The predicted molar refractivity (Wildman–Crippen MR) is 237 cm³/mol. The van der Waals surface area contributed by atoms with Gasteiger partial charge in [-0.2, -0.15) is 0 Å². The number of Topliss-reactive ketones (excluding diaryl/α,β-unsaturated/α-hetero) is 2. The number of carbonyl (C=O) groups is 5. The van der Waals surface area contributed by atoms with Gasteiger partial charge in [0.05, 0.1) is 28.3 Å². The Morgan fingerprint density at radius 2 is 1.43 bits per heavy atom. The molecule has 0 bridgehead atoms. The van der Waals surface area contributed by atoms with E-state index >= 15 is 9.59 Å². The summed E-state index contributed by atoms with van der Waals surface area (Å²) in [6.45, 7) is 21.9. The zero-order chi connectivity index (χ0) is 44.7. The second-order valence-corrected chi connectivity index (χ2v) is 26.1. The third-order valence-corrected chi connectivity index (χ3v) is 20.4. The van der Waals surface area contributed by atoms with Crippen molar-refractivity contribution in [1.29, 1.82) is 0 Å². The summed E-state index contributed by atoms with van der Waals surface area (Å²) < 4.78 is 28.2. The topological polar surface area (TPSA) is 150 Å². The van der Waals surface area contributed by atoms with Crippen molar-refractivity contribution in [3.63, 3.8) is 0 Å². The van der Waals surface area contributed by atoms with Crippen LogP contribution in [-0.2, 0) is 34.0 Å². The Balaban J connectivity index is 1.17. The van der Waals surface area contributed by atoms with E-state index in [2.05, 4.69) is 56.5 Å². The van der Waals surface area contributed by atoms with Gasteiger partial charge in [0.25, 0.3) is 0 Å². The fourth-order valence-electron chi connectivity index (χ4n) is 13.5. The molecule has 0 radical (unpaired) electrons. The van der Waals surface area contributed by atoms with E-state index in [4.69, 9.17) is 0 Å². The van der Waals surface area contributed by atoms with Crippen LogP contribution in [0.1, 0.15) is 185 Å². The van der Waals surface area contributed by atoms with Crippen molar-refractivity contribution < 1.29 is 32.4 Å². The molecule has 0 aromatic carbocycles. The summed E-state index contributed by atoms with van der Waals surface area (Å²) in [4.78, 5) is 77.8. The monoisotopic (exact) mass is 869 g/mol. The molecule has 12 heteroatoms. The lowest BCUT2D eigenvalue weighted by molar-refractivity contribution is -0.147. The number of rotatable bonds is 16. The van der Waals surface area contributed by atoms with E-state index in [-0.39, 0.29) is 82.3 Å². The first kappa shape index (κ1) is 46.6. The standard InChI is InChI=1S/C49H80N4O7S/c1-31(2)25-34-27-47(34,43(58)51-61(59,60)46(10)22-23-46)29-39(55)37-28-49(45(8,9)48(49)20-16-21-48)30-53(37)42(57)35(44(5,6)7)26-38(54)40(33-17-12-11-13-18-33)50-41(56)36-19-14-15-24-52(36)32(3)4/h31-37,40H,11-30H2,1-10H3,(H,50,56)(H,51,58)/t34-,35-,36+,37+,40+,47-,49-/m1/s1. The lowest BCUT2D eigenvalue weighted by atomic mass is 9.73.